The first-order valence-electron chi connectivity index (χ1n) is 5.21. The third-order valence-corrected chi connectivity index (χ3v) is 2.87. The maximum absolute atomic E-state index is 12.1. The lowest BCUT2D eigenvalue weighted by atomic mass is 10.1. The van der Waals surface area contributed by atoms with Crippen LogP contribution in [0.3, 0.4) is 0 Å². The van der Waals surface area contributed by atoms with E-state index in [1.54, 1.807) is 12.1 Å². The van der Waals surface area contributed by atoms with E-state index in [4.69, 9.17) is 0 Å². The van der Waals surface area contributed by atoms with Crippen LogP contribution in [0.2, 0.25) is 0 Å². The number of alkyl halides is 1. The van der Waals surface area contributed by atoms with E-state index in [0.717, 1.165) is 11.4 Å². The number of halogens is 1. The molecule has 4 heteroatoms. The lowest BCUT2D eigenvalue weighted by Gasteiger charge is -2.02. The molecule has 0 saturated heterocycles. The average molecular weight is 291 g/mol. The number of carbonyl (C=O) groups is 1. The number of ketones is 1. The monoisotopic (exact) mass is 290 g/mol. The first kappa shape index (κ1) is 11.9. The highest BCUT2D eigenvalue weighted by molar-refractivity contribution is 9.08. The van der Waals surface area contributed by atoms with Crippen LogP contribution in [-0.4, -0.2) is 15.8 Å². The molecule has 0 unspecified atom stereocenters. The summed E-state index contributed by atoms with van der Waals surface area (Å²) in [6.07, 6.45) is 0. The van der Waals surface area contributed by atoms with Crippen molar-refractivity contribution in [1.82, 2.24) is 9.97 Å². The molecule has 0 fully saturated rings. The number of pyridine rings is 2. The number of nitrogens with zero attached hydrogens (tertiary/aromatic N) is 2. The molecule has 0 aromatic carbocycles. The number of aryl methyl sites for hydroxylation is 1. The number of rotatable bonds is 3. The maximum atomic E-state index is 12.1. The molecule has 2 heterocycles. The van der Waals surface area contributed by atoms with Crippen molar-refractivity contribution in [3.8, 4) is 0 Å². The Morgan fingerprint density at radius 1 is 1.12 bits per heavy atom. The molecule has 0 aliphatic carbocycles. The Balaban J connectivity index is 2.36. The zero-order valence-electron chi connectivity index (χ0n) is 9.35. The summed E-state index contributed by atoms with van der Waals surface area (Å²) in [4.78, 5) is 20.6. The first-order valence-corrected chi connectivity index (χ1v) is 6.33. The molecular formula is C13H11BrN2O. The van der Waals surface area contributed by atoms with Crippen molar-refractivity contribution in [3.63, 3.8) is 0 Å². The predicted octanol–water partition coefficient (Wildman–Crippen LogP) is 2.91. The van der Waals surface area contributed by atoms with Crippen molar-refractivity contribution in [3.05, 3.63) is 59.2 Å². The Morgan fingerprint density at radius 3 is 2.41 bits per heavy atom. The minimum Gasteiger partial charge on any atom is -0.285 e. The van der Waals surface area contributed by atoms with Gasteiger partial charge in [0.15, 0.2) is 0 Å². The Morgan fingerprint density at radius 2 is 1.76 bits per heavy atom. The van der Waals surface area contributed by atoms with Gasteiger partial charge in [-0.1, -0.05) is 28.1 Å². The van der Waals surface area contributed by atoms with E-state index >= 15 is 0 Å². The van der Waals surface area contributed by atoms with Gasteiger partial charge in [-0.3, -0.25) is 4.79 Å². The van der Waals surface area contributed by atoms with E-state index in [1.807, 2.05) is 31.2 Å². The highest BCUT2D eigenvalue weighted by atomic mass is 79.9. The van der Waals surface area contributed by atoms with Gasteiger partial charge in [-0.25, -0.2) is 9.97 Å². The van der Waals surface area contributed by atoms with Crippen LogP contribution >= 0.6 is 15.9 Å². The second kappa shape index (κ2) is 5.19. The van der Waals surface area contributed by atoms with Gasteiger partial charge in [-0.2, -0.15) is 0 Å². The van der Waals surface area contributed by atoms with Gasteiger partial charge in [-0.15, -0.1) is 0 Å². The summed E-state index contributed by atoms with van der Waals surface area (Å²) in [6.45, 7) is 1.86. The van der Waals surface area contributed by atoms with E-state index in [9.17, 15) is 4.79 Å². The van der Waals surface area contributed by atoms with Crippen molar-refractivity contribution in [2.45, 2.75) is 12.3 Å². The fourth-order valence-electron chi connectivity index (χ4n) is 1.48. The third kappa shape index (κ3) is 2.77. The lowest BCUT2D eigenvalue weighted by molar-refractivity contribution is 0.102. The Kier molecular flexibility index (Phi) is 3.64. The molecule has 0 N–H and O–H groups in total. The molecule has 2 aromatic rings. The second-order valence-electron chi connectivity index (χ2n) is 3.64. The third-order valence-electron chi connectivity index (χ3n) is 2.30. The summed E-state index contributed by atoms with van der Waals surface area (Å²) in [5.74, 6) is -0.142. The summed E-state index contributed by atoms with van der Waals surface area (Å²) in [6, 6.07) is 10.8. The van der Waals surface area contributed by atoms with Crippen LogP contribution in [0.15, 0.2) is 36.4 Å². The lowest BCUT2D eigenvalue weighted by Crippen LogP contribution is -2.07. The fourth-order valence-corrected chi connectivity index (χ4v) is 1.79. The average Bonchev–Trinajstić information content (AvgIpc) is 2.38. The van der Waals surface area contributed by atoms with Crippen molar-refractivity contribution in [2.75, 3.05) is 0 Å². The number of hydrogen-bond donors (Lipinski definition) is 0. The Bertz CT molecular complexity index is 555. The second-order valence-corrected chi connectivity index (χ2v) is 4.20. The largest absolute Gasteiger partial charge is 0.285 e. The van der Waals surface area contributed by atoms with Crippen LogP contribution in [0.4, 0.5) is 0 Å². The maximum Gasteiger partial charge on any atom is 0.229 e. The van der Waals surface area contributed by atoms with Crippen LogP contribution in [0, 0.1) is 6.92 Å². The highest BCUT2D eigenvalue weighted by Gasteiger charge is 2.12. The zero-order chi connectivity index (χ0) is 12.3. The zero-order valence-corrected chi connectivity index (χ0v) is 10.9. The van der Waals surface area contributed by atoms with Crippen molar-refractivity contribution < 1.29 is 4.79 Å². The highest BCUT2D eigenvalue weighted by Crippen LogP contribution is 2.09. The van der Waals surface area contributed by atoms with E-state index in [2.05, 4.69) is 25.9 Å². The van der Waals surface area contributed by atoms with Gasteiger partial charge in [0, 0.05) is 11.0 Å². The molecular weight excluding hydrogens is 280 g/mol. The molecule has 0 spiro atoms. The first-order chi connectivity index (χ1) is 8.20. The molecule has 0 amide bonds. The van der Waals surface area contributed by atoms with Gasteiger partial charge >= 0.3 is 0 Å². The van der Waals surface area contributed by atoms with Crippen LogP contribution in [0.5, 0.6) is 0 Å². The normalized spacial score (nSPS) is 10.2. The van der Waals surface area contributed by atoms with E-state index in [-0.39, 0.29) is 5.78 Å². The molecule has 3 nitrogen and oxygen atoms in total. The molecule has 0 atom stereocenters. The van der Waals surface area contributed by atoms with Gasteiger partial charge in [0.25, 0.3) is 0 Å². The SMILES string of the molecule is Cc1cccc(C(=O)c2cccc(CBr)n2)n1. The topological polar surface area (TPSA) is 42.9 Å². The Hall–Kier alpha value is -1.55. The summed E-state index contributed by atoms with van der Waals surface area (Å²) >= 11 is 3.32. The minimum atomic E-state index is -0.142. The van der Waals surface area contributed by atoms with E-state index < -0.39 is 0 Å². The summed E-state index contributed by atoms with van der Waals surface area (Å²) in [5, 5.41) is 0.634. The van der Waals surface area contributed by atoms with Gasteiger partial charge in [0.05, 0.1) is 5.69 Å². The standard InChI is InChI=1S/C13H11BrN2O/c1-9-4-2-6-11(15-9)13(17)12-7-3-5-10(8-14)16-12/h2-7H,8H2,1H3. The molecule has 0 radical (unpaired) electrons. The van der Waals surface area contributed by atoms with Crippen molar-refractivity contribution in [1.29, 1.82) is 0 Å². The molecule has 2 aromatic heterocycles. The van der Waals surface area contributed by atoms with Crippen molar-refractivity contribution >= 4 is 21.7 Å². The fraction of sp³-hybridized carbons (Fsp3) is 0.154. The number of carbonyl (C=O) groups excluding carboxylic acids is 1. The molecule has 17 heavy (non-hydrogen) atoms. The van der Waals surface area contributed by atoms with Crippen LogP contribution in [-0.2, 0) is 5.33 Å². The van der Waals surface area contributed by atoms with Gasteiger partial charge < -0.3 is 0 Å². The minimum absolute atomic E-state index is 0.142. The van der Waals surface area contributed by atoms with Gasteiger partial charge in [0.1, 0.15) is 11.4 Å². The molecule has 0 aliphatic heterocycles. The van der Waals surface area contributed by atoms with Crippen LogP contribution in [0.1, 0.15) is 27.6 Å². The summed E-state index contributed by atoms with van der Waals surface area (Å²) < 4.78 is 0. The van der Waals surface area contributed by atoms with Gasteiger partial charge in [-0.05, 0) is 31.2 Å². The molecule has 86 valence electrons. The molecule has 0 aliphatic rings. The summed E-state index contributed by atoms with van der Waals surface area (Å²) in [5.41, 5.74) is 2.53. The van der Waals surface area contributed by atoms with Crippen molar-refractivity contribution in [2.24, 2.45) is 0 Å². The summed E-state index contributed by atoms with van der Waals surface area (Å²) in [7, 11) is 0. The van der Waals surface area contributed by atoms with Gasteiger partial charge in [0.2, 0.25) is 5.78 Å². The van der Waals surface area contributed by atoms with Crippen LogP contribution in [0.25, 0.3) is 0 Å². The van der Waals surface area contributed by atoms with Crippen LogP contribution < -0.4 is 0 Å². The number of hydrogen-bond acceptors (Lipinski definition) is 3. The van der Waals surface area contributed by atoms with E-state index in [0.29, 0.717) is 16.7 Å². The molecule has 2 rings (SSSR count). The quantitative estimate of drug-likeness (QED) is 0.645. The van der Waals surface area contributed by atoms with E-state index in [1.165, 1.54) is 0 Å². The smallest absolute Gasteiger partial charge is 0.229 e. The number of aromatic nitrogens is 2. The molecule has 0 bridgehead atoms. The molecule has 0 saturated carbocycles. The predicted molar refractivity (Wildman–Crippen MR) is 69.3 cm³/mol. The Labute approximate surface area is 108 Å².